The Labute approximate surface area is 163 Å². The Morgan fingerprint density at radius 2 is 1.96 bits per heavy atom. The molecule has 1 aliphatic heterocycles. The third kappa shape index (κ3) is 5.07. The van der Waals surface area contributed by atoms with Gasteiger partial charge in [0.15, 0.2) is 0 Å². The first-order valence-electron chi connectivity index (χ1n) is 8.64. The first-order chi connectivity index (χ1) is 12.8. The summed E-state index contributed by atoms with van der Waals surface area (Å²) in [6.07, 6.45) is 1.72. The average Bonchev–Trinajstić information content (AvgIpc) is 3.16. The molecule has 144 valence electrons. The Kier molecular flexibility index (Phi) is 6.16. The predicted octanol–water partition coefficient (Wildman–Crippen LogP) is 3.36. The van der Waals surface area contributed by atoms with Gasteiger partial charge in [-0.3, -0.25) is 4.79 Å². The smallest absolute Gasteiger partial charge is 0.255 e. The van der Waals surface area contributed by atoms with Crippen molar-refractivity contribution in [3.63, 3.8) is 0 Å². The Hall–Kier alpha value is -1.93. The molecular weight excluding hydrogens is 388 g/mol. The van der Waals surface area contributed by atoms with Crippen LogP contribution in [0.5, 0.6) is 0 Å². The number of halogens is 1. The van der Waals surface area contributed by atoms with Crippen molar-refractivity contribution in [1.29, 1.82) is 0 Å². The van der Waals surface area contributed by atoms with E-state index in [0.717, 1.165) is 18.4 Å². The molecule has 8 heteroatoms. The number of hydrogen-bond acceptors (Lipinski definition) is 4. The number of anilines is 1. The number of sulfonamides is 1. The zero-order valence-corrected chi connectivity index (χ0v) is 16.4. The highest BCUT2D eigenvalue weighted by Gasteiger charge is 2.20. The lowest BCUT2D eigenvalue weighted by atomic mass is 10.1. The second kappa shape index (κ2) is 8.39. The van der Waals surface area contributed by atoms with Crippen molar-refractivity contribution in [3.8, 4) is 0 Å². The molecule has 27 heavy (non-hydrogen) atoms. The van der Waals surface area contributed by atoms with Gasteiger partial charge in [0.2, 0.25) is 10.0 Å². The van der Waals surface area contributed by atoms with Crippen LogP contribution in [0.4, 0.5) is 5.69 Å². The minimum absolute atomic E-state index is 0.0764. The number of aryl methyl sites for hydroxylation is 1. The van der Waals surface area contributed by atoms with Gasteiger partial charge >= 0.3 is 0 Å². The number of carbonyl (C=O) groups excluding carboxylic acids is 1. The maximum absolute atomic E-state index is 12.4. The minimum Gasteiger partial charge on any atom is -0.377 e. The van der Waals surface area contributed by atoms with E-state index < -0.39 is 10.0 Å². The van der Waals surface area contributed by atoms with E-state index in [2.05, 4.69) is 10.0 Å². The highest BCUT2D eigenvalue weighted by Crippen LogP contribution is 2.21. The van der Waals surface area contributed by atoms with Gasteiger partial charge in [-0.1, -0.05) is 11.6 Å². The Morgan fingerprint density at radius 3 is 2.59 bits per heavy atom. The molecule has 2 aromatic rings. The van der Waals surface area contributed by atoms with Gasteiger partial charge in [0.1, 0.15) is 0 Å². The molecule has 3 rings (SSSR count). The van der Waals surface area contributed by atoms with Gasteiger partial charge in [0, 0.05) is 29.4 Å². The Morgan fingerprint density at radius 1 is 1.22 bits per heavy atom. The molecule has 0 saturated carbocycles. The van der Waals surface area contributed by atoms with Crippen LogP contribution in [0.25, 0.3) is 0 Å². The summed E-state index contributed by atoms with van der Waals surface area (Å²) in [6.45, 7) is 2.76. The zero-order chi connectivity index (χ0) is 19.4. The van der Waals surface area contributed by atoms with E-state index >= 15 is 0 Å². The molecule has 1 fully saturated rings. The molecule has 0 spiro atoms. The summed E-state index contributed by atoms with van der Waals surface area (Å²) in [4.78, 5) is 12.5. The van der Waals surface area contributed by atoms with Gasteiger partial charge in [-0.15, -0.1) is 0 Å². The summed E-state index contributed by atoms with van der Waals surface area (Å²) < 4.78 is 32.7. The SMILES string of the molecule is Cc1cc(Cl)ccc1NC(=O)c1ccc(S(=O)(=O)NCC2CCCO2)cc1. The van der Waals surface area contributed by atoms with Gasteiger partial charge < -0.3 is 10.1 Å². The number of ether oxygens (including phenoxy) is 1. The normalized spacial score (nSPS) is 17.0. The average molecular weight is 409 g/mol. The van der Waals surface area contributed by atoms with E-state index in [1.165, 1.54) is 24.3 Å². The summed E-state index contributed by atoms with van der Waals surface area (Å²) in [5, 5.41) is 3.39. The maximum Gasteiger partial charge on any atom is 0.255 e. The zero-order valence-electron chi connectivity index (χ0n) is 14.9. The molecule has 0 aliphatic carbocycles. The third-order valence-electron chi connectivity index (χ3n) is 4.39. The molecule has 0 aromatic heterocycles. The summed E-state index contributed by atoms with van der Waals surface area (Å²) in [6, 6.07) is 11.0. The van der Waals surface area contributed by atoms with Crippen LogP contribution in [0.2, 0.25) is 5.02 Å². The minimum atomic E-state index is -3.64. The number of hydrogen-bond donors (Lipinski definition) is 2. The molecule has 1 unspecified atom stereocenters. The second-order valence-corrected chi connectivity index (χ2v) is 8.63. The van der Waals surface area contributed by atoms with Gasteiger partial charge in [-0.2, -0.15) is 0 Å². The second-order valence-electron chi connectivity index (χ2n) is 6.42. The largest absolute Gasteiger partial charge is 0.377 e. The van der Waals surface area contributed by atoms with E-state index in [4.69, 9.17) is 16.3 Å². The Balaban J connectivity index is 1.65. The van der Waals surface area contributed by atoms with E-state index in [0.29, 0.717) is 22.9 Å². The lowest BCUT2D eigenvalue weighted by Crippen LogP contribution is -2.31. The van der Waals surface area contributed by atoms with Crippen molar-refractivity contribution in [2.45, 2.75) is 30.8 Å². The predicted molar refractivity (Wildman–Crippen MR) is 105 cm³/mol. The quantitative estimate of drug-likeness (QED) is 0.767. The van der Waals surface area contributed by atoms with Crippen LogP contribution < -0.4 is 10.0 Å². The third-order valence-corrected chi connectivity index (χ3v) is 6.06. The van der Waals surface area contributed by atoms with Crippen LogP contribution in [-0.2, 0) is 14.8 Å². The first kappa shape index (κ1) is 19.8. The van der Waals surface area contributed by atoms with Crippen molar-refractivity contribution in [2.24, 2.45) is 0 Å². The summed E-state index contributed by atoms with van der Waals surface area (Å²) in [5.74, 6) is -0.323. The fraction of sp³-hybridized carbons (Fsp3) is 0.316. The molecular formula is C19H21ClN2O4S. The summed E-state index contributed by atoms with van der Waals surface area (Å²) >= 11 is 5.91. The number of carbonyl (C=O) groups is 1. The van der Waals surface area contributed by atoms with E-state index in [9.17, 15) is 13.2 Å². The molecule has 2 N–H and O–H groups in total. The van der Waals surface area contributed by atoms with Crippen molar-refractivity contribution < 1.29 is 17.9 Å². The number of benzene rings is 2. The van der Waals surface area contributed by atoms with Gasteiger partial charge in [0.05, 0.1) is 11.0 Å². The van der Waals surface area contributed by atoms with Gasteiger partial charge in [-0.25, -0.2) is 13.1 Å². The topological polar surface area (TPSA) is 84.5 Å². The van der Waals surface area contributed by atoms with Crippen molar-refractivity contribution >= 4 is 33.2 Å². The number of rotatable bonds is 6. The fourth-order valence-corrected chi connectivity index (χ4v) is 4.13. The molecule has 1 saturated heterocycles. The van der Waals surface area contributed by atoms with E-state index in [1.54, 1.807) is 18.2 Å². The lowest BCUT2D eigenvalue weighted by molar-refractivity contribution is 0.102. The van der Waals surface area contributed by atoms with E-state index in [1.807, 2.05) is 6.92 Å². The summed E-state index contributed by atoms with van der Waals surface area (Å²) in [5.41, 5.74) is 1.86. The molecule has 1 heterocycles. The molecule has 1 amide bonds. The van der Waals surface area contributed by atoms with Gasteiger partial charge in [-0.05, 0) is 67.8 Å². The molecule has 1 aliphatic rings. The molecule has 2 aromatic carbocycles. The molecule has 0 bridgehead atoms. The number of amides is 1. The van der Waals surface area contributed by atoms with Crippen LogP contribution in [0.1, 0.15) is 28.8 Å². The van der Waals surface area contributed by atoms with Crippen LogP contribution in [0, 0.1) is 6.92 Å². The van der Waals surface area contributed by atoms with Crippen molar-refractivity contribution in [2.75, 3.05) is 18.5 Å². The molecule has 0 radical (unpaired) electrons. The van der Waals surface area contributed by atoms with E-state index in [-0.39, 0.29) is 23.5 Å². The number of nitrogens with one attached hydrogen (secondary N) is 2. The van der Waals surface area contributed by atoms with Crippen LogP contribution in [0.3, 0.4) is 0 Å². The molecule has 1 atom stereocenters. The summed E-state index contributed by atoms with van der Waals surface area (Å²) in [7, 11) is -3.64. The van der Waals surface area contributed by atoms with Crippen LogP contribution in [-0.4, -0.2) is 33.6 Å². The lowest BCUT2D eigenvalue weighted by Gasteiger charge is -2.12. The molecule has 6 nitrogen and oxygen atoms in total. The highest BCUT2D eigenvalue weighted by molar-refractivity contribution is 7.89. The van der Waals surface area contributed by atoms with Crippen LogP contribution >= 0.6 is 11.6 Å². The van der Waals surface area contributed by atoms with Crippen LogP contribution in [0.15, 0.2) is 47.4 Å². The fourth-order valence-electron chi connectivity index (χ4n) is 2.84. The maximum atomic E-state index is 12.4. The first-order valence-corrected chi connectivity index (χ1v) is 10.5. The Bertz CT molecular complexity index is 923. The monoisotopic (exact) mass is 408 g/mol. The van der Waals surface area contributed by atoms with Crippen molar-refractivity contribution in [3.05, 3.63) is 58.6 Å². The van der Waals surface area contributed by atoms with Gasteiger partial charge in [0.25, 0.3) is 5.91 Å². The standard InChI is InChI=1S/C19H21ClN2O4S/c1-13-11-15(20)6-9-18(13)22-19(23)14-4-7-17(8-5-14)27(24,25)21-12-16-3-2-10-26-16/h4-9,11,16,21H,2-3,10,12H2,1H3,(H,22,23). The van der Waals surface area contributed by atoms with Crippen molar-refractivity contribution in [1.82, 2.24) is 4.72 Å². The highest BCUT2D eigenvalue weighted by atomic mass is 35.5.